The molecule has 3 rings (SSSR count). The molecule has 0 unspecified atom stereocenters. The highest BCUT2D eigenvalue weighted by Gasteiger charge is 2.44. The molecule has 6 nitrogen and oxygen atoms in total. The molecule has 1 aromatic rings. The molecule has 2 aliphatic rings. The first-order chi connectivity index (χ1) is 11.5. The monoisotopic (exact) mass is 331 g/mol. The normalized spacial score (nSPS) is 23.9. The van der Waals surface area contributed by atoms with Crippen LogP contribution in [0.5, 0.6) is 5.75 Å². The molecule has 6 heteroatoms. The highest BCUT2D eigenvalue weighted by Crippen LogP contribution is 2.41. The van der Waals surface area contributed by atoms with Crippen LogP contribution in [0.3, 0.4) is 0 Å². The quantitative estimate of drug-likeness (QED) is 0.895. The average molecular weight is 331 g/mol. The second-order valence-electron chi connectivity index (χ2n) is 6.06. The first kappa shape index (κ1) is 16.5. The Balaban J connectivity index is 2.04. The number of hydrogen-bond donors (Lipinski definition) is 1. The second kappa shape index (κ2) is 6.65. The second-order valence-corrected chi connectivity index (χ2v) is 6.06. The van der Waals surface area contributed by atoms with E-state index in [0.29, 0.717) is 24.5 Å². The summed E-state index contributed by atoms with van der Waals surface area (Å²) in [6, 6.07) is 6.56. The number of aliphatic hydroxyl groups is 1. The van der Waals surface area contributed by atoms with Crippen molar-refractivity contribution in [3.63, 3.8) is 0 Å². The van der Waals surface area contributed by atoms with Gasteiger partial charge in [0.2, 0.25) is 0 Å². The zero-order valence-corrected chi connectivity index (χ0v) is 13.8. The molecule has 2 heterocycles. The van der Waals surface area contributed by atoms with Gasteiger partial charge in [-0.25, -0.2) is 0 Å². The molecule has 24 heavy (non-hydrogen) atoms. The van der Waals surface area contributed by atoms with E-state index in [-0.39, 0.29) is 17.5 Å². The molecule has 0 radical (unpaired) electrons. The van der Waals surface area contributed by atoms with Gasteiger partial charge < -0.3 is 19.5 Å². The summed E-state index contributed by atoms with van der Waals surface area (Å²) >= 11 is 0. The van der Waals surface area contributed by atoms with E-state index in [1.54, 1.807) is 12.1 Å². The predicted molar refractivity (Wildman–Crippen MR) is 86.8 cm³/mol. The number of Topliss-reactive ketones (excluding diaryl/α,β-unsaturated/α-hetero) is 1. The number of aliphatic hydroxyl groups excluding tert-OH is 1. The standard InChI is InChI=1S/C18H21NO5/c1-11(20)15-16(13-7-3-4-8-14(13)23-2)19(18(22)17(15)21)10-12-6-5-9-24-12/h3-4,7-8,12,16,21H,5-6,9-10H2,1-2H3/t12-,16-/m0/s1. The molecule has 128 valence electrons. The Morgan fingerprint density at radius 1 is 1.42 bits per heavy atom. The lowest BCUT2D eigenvalue weighted by atomic mass is 9.95. The number of carbonyl (C=O) groups is 2. The summed E-state index contributed by atoms with van der Waals surface area (Å²) in [6.07, 6.45) is 1.73. The first-order valence-electron chi connectivity index (χ1n) is 8.04. The number of ether oxygens (including phenoxy) is 2. The van der Waals surface area contributed by atoms with Crippen LogP contribution >= 0.6 is 0 Å². The molecule has 0 spiro atoms. The minimum atomic E-state index is -0.657. The van der Waals surface area contributed by atoms with E-state index >= 15 is 0 Å². The van der Waals surface area contributed by atoms with E-state index in [9.17, 15) is 14.7 Å². The number of rotatable bonds is 5. The van der Waals surface area contributed by atoms with Crippen molar-refractivity contribution in [2.24, 2.45) is 0 Å². The minimum Gasteiger partial charge on any atom is -0.503 e. The molecule has 1 aromatic carbocycles. The van der Waals surface area contributed by atoms with E-state index in [4.69, 9.17) is 9.47 Å². The van der Waals surface area contributed by atoms with Crippen molar-refractivity contribution in [2.75, 3.05) is 20.3 Å². The van der Waals surface area contributed by atoms with Crippen LogP contribution in [0.2, 0.25) is 0 Å². The topological polar surface area (TPSA) is 76.1 Å². The molecular weight excluding hydrogens is 310 g/mol. The Hall–Kier alpha value is -2.34. The molecular formula is C18H21NO5. The summed E-state index contributed by atoms with van der Waals surface area (Å²) in [7, 11) is 1.54. The Bertz CT molecular complexity index is 690. The van der Waals surface area contributed by atoms with Gasteiger partial charge in [0.1, 0.15) is 5.75 Å². The molecule has 1 saturated heterocycles. The van der Waals surface area contributed by atoms with E-state index in [1.807, 2.05) is 12.1 Å². The fourth-order valence-corrected chi connectivity index (χ4v) is 3.42. The maximum atomic E-state index is 12.6. The molecule has 2 aliphatic heterocycles. The van der Waals surface area contributed by atoms with Gasteiger partial charge in [0, 0.05) is 18.7 Å². The minimum absolute atomic E-state index is 0.0785. The summed E-state index contributed by atoms with van der Waals surface area (Å²) in [5, 5.41) is 10.3. The zero-order valence-electron chi connectivity index (χ0n) is 13.8. The first-order valence-corrected chi connectivity index (χ1v) is 8.04. The van der Waals surface area contributed by atoms with Gasteiger partial charge in [-0.05, 0) is 25.8 Å². The number of benzene rings is 1. The molecule has 0 aromatic heterocycles. The van der Waals surface area contributed by atoms with Gasteiger partial charge in [-0.3, -0.25) is 9.59 Å². The molecule has 1 N–H and O–H groups in total. The van der Waals surface area contributed by atoms with Crippen molar-refractivity contribution >= 4 is 11.7 Å². The Morgan fingerprint density at radius 3 is 2.79 bits per heavy atom. The maximum Gasteiger partial charge on any atom is 0.290 e. The Kier molecular flexibility index (Phi) is 4.57. The van der Waals surface area contributed by atoms with Crippen LogP contribution < -0.4 is 4.74 Å². The summed E-state index contributed by atoms with van der Waals surface area (Å²) in [5.41, 5.74) is 0.795. The molecule has 0 aliphatic carbocycles. The van der Waals surface area contributed by atoms with E-state index in [1.165, 1.54) is 18.9 Å². The van der Waals surface area contributed by atoms with Gasteiger partial charge in [-0.1, -0.05) is 18.2 Å². The predicted octanol–water partition coefficient (Wildman–Crippen LogP) is 2.16. The Morgan fingerprint density at radius 2 is 2.17 bits per heavy atom. The average Bonchev–Trinajstić information content (AvgIpc) is 3.17. The van der Waals surface area contributed by atoms with E-state index in [0.717, 1.165) is 12.8 Å². The van der Waals surface area contributed by atoms with Crippen LogP contribution in [0.15, 0.2) is 35.6 Å². The number of nitrogens with zero attached hydrogens (tertiary/aromatic N) is 1. The number of hydrogen-bond acceptors (Lipinski definition) is 5. The molecule has 2 atom stereocenters. The lowest BCUT2D eigenvalue weighted by molar-refractivity contribution is -0.131. The van der Waals surface area contributed by atoms with Crippen LogP contribution in [-0.4, -0.2) is 48.1 Å². The third kappa shape index (κ3) is 2.78. The summed E-state index contributed by atoms with van der Waals surface area (Å²) < 4.78 is 11.0. The van der Waals surface area contributed by atoms with Crippen molar-refractivity contribution < 1.29 is 24.2 Å². The van der Waals surface area contributed by atoms with Crippen molar-refractivity contribution in [2.45, 2.75) is 31.9 Å². The number of ketones is 1. The van der Waals surface area contributed by atoms with Gasteiger partial charge in [-0.15, -0.1) is 0 Å². The van der Waals surface area contributed by atoms with Crippen LogP contribution in [0.4, 0.5) is 0 Å². The highest BCUT2D eigenvalue weighted by molar-refractivity contribution is 6.08. The Labute approximate surface area is 140 Å². The number of para-hydroxylation sites is 1. The smallest absolute Gasteiger partial charge is 0.290 e. The fourth-order valence-electron chi connectivity index (χ4n) is 3.42. The van der Waals surface area contributed by atoms with E-state index < -0.39 is 17.7 Å². The number of carbonyl (C=O) groups excluding carboxylic acids is 2. The largest absolute Gasteiger partial charge is 0.503 e. The fraction of sp³-hybridized carbons (Fsp3) is 0.444. The van der Waals surface area contributed by atoms with Crippen LogP contribution in [0.25, 0.3) is 0 Å². The van der Waals surface area contributed by atoms with Crippen LogP contribution in [0, 0.1) is 0 Å². The van der Waals surface area contributed by atoms with Crippen molar-refractivity contribution in [3.8, 4) is 5.75 Å². The highest BCUT2D eigenvalue weighted by atomic mass is 16.5. The van der Waals surface area contributed by atoms with Gasteiger partial charge in [0.15, 0.2) is 11.5 Å². The van der Waals surface area contributed by atoms with Crippen molar-refractivity contribution in [1.82, 2.24) is 4.90 Å². The number of amides is 1. The SMILES string of the molecule is COc1ccccc1[C@H]1C(C(C)=O)=C(O)C(=O)N1C[C@@H]1CCCO1. The maximum absolute atomic E-state index is 12.6. The summed E-state index contributed by atoms with van der Waals surface area (Å²) in [4.78, 5) is 26.2. The molecule has 1 amide bonds. The molecule has 0 saturated carbocycles. The molecule has 1 fully saturated rings. The summed E-state index contributed by atoms with van der Waals surface area (Å²) in [6.45, 7) is 2.37. The van der Waals surface area contributed by atoms with Crippen molar-refractivity contribution in [3.05, 3.63) is 41.2 Å². The number of methoxy groups -OCH3 is 1. The summed E-state index contributed by atoms with van der Waals surface area (Å²) in [5.74, 6) is -0.768. The zero-order chi connectivity index (χ0) is 17.3. The lowest BCUT2D eigenvalue weighted by Gasteiger charge is -2.29. The van der Waals surface area contributed by atoms with Gasteiger partial charge in [0.05, 0.1) is 24.8 Å². The van der Waals surface area contributed by atoms with Gasteiger partial charge in [-0.2, -0.15) is 0 Å². The van der Waals surface area contributed by atoms with E-state index in [2.05, 4.69) is 0 Å². The lowest BCUT2D eigenvalue weighted by Crippen LogP contribution is -2.37. The van der Waals surface area contributed by atoms with Crippen molar-refractivity contribution in [1.29, 1.82) is 0 Å². The van der Waals surface area contributed by atoms with Gasteiger partial charge >= 0.3 is 0 Å². The van der Waals surface area contributed by atoms with Gasteiger partial charge in [0.25, 0.3) is 5.91 Å². The van der Waals surface area contributed by atoms with Crippen LogP contribution in [0.1, 0.15) is 31.4 Å². The molecule has 0 bridgehead atoms. The third-order valence-corrected chi connectivity index (χ3v) is 4.54. The third-order valence-electron chi connectivity index (χ3n) is 4.54. The van der Waals surface area contributed by atoms with Crippen LogP contribution in [-0.2, 0) is 14.3 Å².